The molecular weight excluding hydrogens is 294 g/mol. The van der Waals surface area contributed by atoms with E-state index in [2.05, 4.69) is 41.7 Å². The van der Waals surface area contributed by atoms with E-state index in [-0.39, 0.29) is 0 Å². The number of hydrogen-bond acceptors (Lipinski definition) is 3. The van der Waals surface area contributed by atoms with Crippen molar-refractivity contribution in [2.75, 3.05) is 38.7 Å². The van der Waals surface area contributed by atoms with Gasteiger partial charge in [-0.1, -0.05) is 29.8 Å². The van der Waals surface area contributed by atoms with E-state index < -0.39 is 5.60 Å². The number of ether oxygens (including phenoxy) is 1. The highest BCUT2D eigenvalue weighted by atomic mass is 79.9. The summed E-state index contributed by atoms with van der Waals surface area (Å²) in [5, 5.41) is 11.5. The molecular formula is C14H28BrNO2. The van der Waals surface area contributed by atoms with Crippen molar-refractivity contribution in [3.05, 3.63) is 0 Å². The summed E-state index contributed by atoms with van der Waals surface area (Å²) < 4.78 is 5.32. The molecule has 0 spiro atoms. The second kappa shape index (κ2) is 7.22. The van der Waals surface area contributed by atoms with Gasteiger partial charge < -0.3 is 14.7 Å². The molecule has 1 fully saturated rings. The third-order valence-corrected chi connectivity index (χ3v) is 5.57. The van der Waals surface area contributed by atoms with E-state index in [1.807, 2.05) is 0 Å². The first-order chi connectivity index (χ1) is 8.49. The van der Waals surface area contributed by atoms with Crippen LogP contribution in [0, 0.1) is 5.41 Å². The van der Waals surface area contributed by atoms with Gasteiger partial charge in [-0.15, -0.1) is 0 Å². The van der Waals surface area contributed by atoms with Crippen LogP contribution >= 0.6 is 15.9 Å². The van der Waals surface area contributed by atoms with Crippen LogP contribution in [0.1, 0.15) is 39.5 Å². The van der Waals surface area contributed by atoms with Gasteiger partial charge in [-0.2, -0.15) is 0 Å². The lowest BCUT2D eigenvalue weighted by atomic mass is 9.83. The van der Waals surface area contributed by atoms with Crippen LogP contribution in [0.2, 0.25) is 0 Å². The third-order valence-electron chi connectivity index (χ3n) is 4.38. The summed E-state index contributed by atoms with van der Waals surface area (Å²) in [6, 6.07) is 0. The van der Waals surface area contributed by atoms with Gasteiger partial charge in [0.25, 0.3) is 0 Å². The average Bonchev–Trinajstić information content (AvgIpc) is 2.36. The molecule has 0 amide bonds. The predicted octanol–water partition coefficient (Wildman–Crippen LogP) is 2.66. The molecule has 3 nitrogen and oxygen atoms in total. The quantitative estimate of drug-likeness (QED) is 0.732. The Labute approximate surface area is 120 Å². The van der Waals surface area contributed by atoms with Gasteiger partial charge >= 0.3 is 0 Å². The maximum absolute atomic E-state index is 10.5. The van der Waals surface area contributed by atoms with Gasteiger partial charge in [0, 0.05) is 44.5 Å². The van der Waals surface area contributed by atoms with Gasteiger partial charge in [0.2, 0.25) is 0 Å². The Hall–Kier alpha value is 0.360. The zero-order valence-corrected chi connectivity index (χ0v) is 13.6. The normalized spacial score (nSPS) is 20.3. The van der Waals surface area contributed by atoms with Crippen LogP contribution in [-0.2, 0) is 4.74 Å². The van der Waals surface area contributed by atoms with Crippen molar-refractivity contribution >= 4 is 15.9 Å². The molecule has 1 aliphatic rings. The summed E-state index contributed by atoms with van der Waals surface area (Å²) in [6.07, 6.45) is 3.86. The highest BCUT2D eigenvalue weighted by molar-refractivity contribution is 9.09. The molecule has 0 bridgehead atoms. The summed E-state index contributed by atoms with van der Waals surface area (Å²) in [7, 11) is 2.12. The number of halogens is 1. The molecule has 18 heavy (non-hydrogen) atoms. The van der Waals surface area contributed by atoms with Crippen LogP contribution in [0.25, 0.3) is 0 Å². The van der Waals surface area contributed by atoms with Crippen molar-refractivity contribution in [1.29, 1.82) is 0 Å². The van der Waals surface area contributed by atoms with Crippen molar-refractivity contribution in [2.45, 2.75) is 45.1 Å². The van der Waals surface area contributed by atoms with Crippen LogP contribution < -0.4 is 0 Å². The summed E-state index contributed by atoms with van der Waals surface area (Å²) >= 11 is 3.65. The van der Waals surface area contributed by atoms with Gasteiger partial charge in [0.1, 0.15) is 0 Å². The molecule has 0 aromatic rings. The first-order valence-corrected chi connectivity index (χ1v) is 8.16. The summed E-state index contributed by atoms with van der Waals surface area (Å²) in [5.74, 6) is 0. The first-order valence-electron chi connectivity index (χ1n) is 7.04. The monoisotopic (exact) mass is 321 g/mol. The zero-order chi connectivity index (χ0) is 13.6. The van der Waals surface area contributed by atoms with Gasteiger partial charge in [0.05, 0.1) is 5.60 Å². The minimum Gasteiger partial charge on any atom is -0.388 e. The molecule has 1 saturated heterocycles. The Bertz CT molecular complexity index is 230. The van der Waals surface area contributed by atoms with E-state index >= 15 is 0 Å². The number of aliphatic hydroxyl groups is 1. The van der Waals surface area contributed by atoms with Gasteiger partial charge in [-0.05, 0) is 25.3 Å². The fraction of sp³-hybridized carbons (Fsp3) is 1.00. The predicted molar refractivity (Wildman–Crippen MR) is 79.3 cm³/mol. The fourth-order valence-corrected chi connectivity index (χ4v) is 3.72. The Morgan fingerprint density at radius 2 is 1.83 bits per heavy atom. The van der Waals surface area contributed by atoms with Crippen molar-refractivity contribution in [1.82, 2.24) is 4.90 Å². The van der Waals surface area contributed by atoms with Crippen molar-refractivity contribution in [2.24, 2.45) is 5.41 Å². The Morgan fingerprint density at radius 3 is 2.28 bits per heavy atom. The molecule has 0 aliphatic carbocycles. The lowest BCUT2D eigenvalue weighted by molar-refractivity contribution is -0.0800. The standard InChI is InChI=1S/C14H28BrNO2/c1-4-13(5-2,10-15)11-16(3)12-14(17)6-8-18-9-7-14/h17H,4-12H2,1-3H3. The molecule has 1 aliphatic heterocycles. The number of rotatable bonds is 7. The number of nitrogens with zero attached hydrogens (tertiary/aromatic N) is 1. The molecule has 0 saturated carbocycles. The second-order valence-electron chi connectivity index (χ2n) is 5.85. The third kappa shape index (κ3) is 4.48. The highest BCUT2D eigenvalue weighted by Gasteiger charge is 2.33. The fourth-order valence-electron chi connectivity index (χ4n) is 2.75. The minimum atomic E-state index is -0.549. The zero-order valence-electron chi connectivity index (χ0n) is 12.0. The summed E-state index contributed by atoms with van der Waals surface area (Å²) in [4.78, 5) is 2.29. The van der Waals surface area contributed by atoms with E-state index in [4.69, 9.17) is 4.74 Å². The first kappa shape index (κ1) is 16.4. The van der Waals surface area contributed by atoms with E-state index in [1.165, 1.54) is 12.8 Å². The molecule has 1 rings (SSSR count). The van der Waals surface area contributed by atoms with Crippen LogP contribution in [0.3, 0.4) is 0 Å². The Kier molecular flexibility index (Phi) is 6.59. The maximum Gasteiger partial charge on any atom is 0.0817 e. The molecule has 0 aromatic heterocycles. The molecule has 1 heterocycles. The maximum atomic E-state index is 10.5. The molecule has 0 atom stereocenters. The smallest absolute Gasteiger partial charge is 0.0817 e. The summed E-state index contributed by atoms with van der Waals surface area (Å²) in [5.41, 5.74) is -0.219. The van der Waals surface area contributed by atoms with Crippen molar-refractivity contribution < 1.29 is 9.84 Å². The number of likely N-dealkylation sites (N-methyl/N-ethyl adjacent to an activating group) is 1. The van der Waals surface area contributed by atoms with E-state index in [9.17, 15) is 5.11 Å². The SMILES string of the molecule is CCC(CC)(CBr)CN(C)CC1(O)CCOCC1. The van der Waals surface area contributed by atoms with E-state index in [1.54, 1.807) is 0 Å². The summed E-state index contributed by atoms with van der Waals surface area (Å²) in [6.45, 7) is 7.67. The largest absolute Gasteiger partial charge is 0.388 e. The average molecular weight is 322 g/mol. The van der Waals surface area contributed by atoms with Crippen molar-refractivity contribution in [3.63, 3.8) is 0 Å². The second-order valence-corrected chi connectivity index (χ2v) is 6.41. The molecule has 0 unspecified atom stereocenters. The topological polar surface area (TPSA) is 32.7 Å². The van der Waals surface area contributed by atoms with Crippen LogP contribution in [0.15, 0.2) is 0 Å². The van der Waals surface area contributed by atoms with E-state index in [0.29, 0.717) is 18.6 Å². The van der Waals surface area contributed by atoms with Crippen molar-refractivity contribution in [3.8, 4) is 0 Å². The number of hydrogen-bond donors (Lipinski definition) is 1. The molecule has 4 heteroatoms. The number of alkyl halides is 1. The minimum absolute atomic E-state index is 0.330. The molecule has 1 N–H and O–H groups in total. The van der Waals surface area contributed by atoms with Gasteiger partial charge in [-0.25, -0.2) is 0 Å². The van der Waals surface area contributed by atoms with E-state index in [0.717, 1.165) is 31.3 Å². The van der Waals surface area contributed by atoms with Crippen LogP contribution in [0.5, 0.6) is 0 Å². The van der Waals surface area contributed by atoms with Gasteiger partial charge in [0.15, 0.2) is 0 Å². The van der Waals surface area contributed by atoms with Gasteiger partial charge in [-0.3, -0.25) is 0 Å². The van der Waals surface area contributed by atoms with Crippen LogP contribution in [-0.4, -0.2) is 54.3 Å². The molecule has 0 aromatic carbocycles. The Balaban J connectivity index is 2.51. The lowest BCUT2D eigenvalue weighted by Gasteiger charge is -2.39. The lowest BCUT2D eigenvalue weighted by Crippen LogP contribution is -2.48. The highest BCUT2D eigenvalue weighted by Crippen LogP contribution is 2.31. The Morgan fingerprint density at radius 1 is 1.28 bits per heavy atom. The van der Waals surface area contributed by atoms with Crippen LogP contribution in [0.4, 0.5) is 0 Å². The molecule has 108 valence electrons. The molecule has 0 radical (unpaired) electrons.